The quantitative estimate of drug-likeness (QED) is 0.653. The van der Waals surface area contributed by atoms with Gasteiger partial charge in [-0.1, -0.05) is 36.0 Å². The third kappa shape index (κ3) is 5.35. The molecule has 1 aliphatic heterocycles. The van der Waals surface area contributed by atoms with Crippen LogP contribution in [-0.2, 0) is 9.59 Å². The van der Waals surface area contributed by atoms with E-state index in [-0.39, 0.29) is 23.4 Å². The van der Waals surface area contributed by atoms with Crippen molar-refractivity contribution in [2.24, 2.45) is 5.10 Å². The van der Waals surface area contributed by atoms with Crippen molar-refractivity contribution in [1.29, 1.82) is 0 Å². The third-order valence-electron chi connectivity index (χ3n) is 4.06. The van der Waals surface area contributed by atoms with Crippen molar-refractivity contribution < 1.29 is 19.1 Å². The molecular formula is C20H20N4O4S. The summed E-state index contributed by atoms with van der Waals surface area (Å²) in [6.45, 7) is 1.92. The van der Waals surface area contributed by atoms with Gasteiger partial charge in [0.2, 0.25) is 11.8 Å². The number of rotatable bonds is 5. The lowest BCUT2D eigenvalue weighted by atomic mass is 10.2. The van der Waals surface area contributed by atoms with Gasteiger partial charge in [0, 0.05) is 12.1 Å². The Bertz CT molecular complexity index is 976. The van der Waals surface area contributed by atoms with Gasteiger partial charge in [-0.05, 0) is 36.8 Å². The Morgan fingerprint density at radius 3 is 2.76 bits per heavy atom. The van der Waals surface area contributed by atoms with E-state index in [2.05, 4.69) is 21.2 Å². The number of nitrogens with zero attached hydrogens (tertiary/aromatic N) is 1. The van der Waals surface area contributed by atoms with Crippen LogP contribution >= 0.6 is 11.8 Å². The number of carbonyl (C=O) groups is 3. The maximum absolute atomic E-state index is 12.5. The minimum atomic E-state index is -0.661. The van der Waals surface area contributed by atoms with Crippen molar-refractivity contribution in [3.63, 3.8) is 0 Å². The standard InChI is InChI=1S/C20H20N4O4S/c1-12-6-5-7-13(10-12)21-19(27)16-11-17(25)22-20(29-16)24-23-18(26)14-8-3-4-9-15(14)28-2/h3-10,16H,11H2,1-2H3,(H,21,27)(H,23,26)(H,22,24,25)/t16-/m1/s1. The number of hydrogen-bond donors (Lipinski definition) is 3. The van der Waals surface area contributed by atoms with Gasteiger partial charge in [-0.25, -0.2) is 5.43 Å². The molecule has 0 aromatic heterocycles. The van der Waals surface area contributed by atoms with Gasteiger partial charge < -0.3 is 15.4 Å². The predicted octanol–water partition coefficient (Wildman–Crippen LogP) is 2.26. The van der Waals surface area contributed by atoms with E-state index in [0.717, 1.165) is 17.3 Å². The third-order valence-corrected chi connectivity index (χ3v) is 5.14. The smallest absolute Gasteiger partial charge is 0.275 e. The number of anilines is 1. The molecule has 3 rings (SSSR count). The number of amidine groups is 1. The summed E-state index contributed by atoms with van der Waals surface area (Å²) in [5.74, 6) is -0.741. The maximum Gasteiger partial charge on any atom is 0.275 e. The number of hydrogen-bond acceptors (Lipinski definition) is 6. The van der Waals surface area contributed by atoms with Crippen LogP contribution < -0.4 is 20.8 Å². The minimum Gasteiger partial charge on any atom is -0.496 e. The first-order valence-electron chi connectivity index (χ1n) is 8.81. The second kappa shape index (κ2) is 9.24. The highest BCUT2D eigenvalue weighted by atomic mass is 32.2. The van der Waals surface area contributed by atoms with Gasteiger partial charge in [0.15, 0.2) is 5.17 Å². The summed E-state index contributed by atoms with van der Waals surface area (Å²) in [5.41, 5.74) is 4.36. The van der Waals surface area contributed by atoms with Gasteiger partial charge in [0.05, 0.1) is 12.7 Å². The van der Waals surface area contributed by atoms with Gasteiger partial charge in [-0.2, -0.15) is 0 Å². The fourth-order valence-electron chi connectivity index (χ4n) is 2.68. The largest absolute Gasteiger partial charge is 0.496 e. The number of benzene rings is 2. The molecule has 1 saturated heterocycles. The molecule has 0 unspecified atom stereocenters. The molecule has 0 radical (unpaired) electrons. The normalized spacial score (nSPS) is 17.4. The zero-order valence-electron chi connectivity index (χ0n) is 15.9. The van der Waals surface area contributed by atoms with Crippen molar-refractivity contribution in [1.82, 2.24) is 10.7 Å². The fourth-order valence-corrected chi connectivity index (χ4v) is 3.63. The van der Waals surface area contributed by atoms with E-state index >= 15 is 0 Å². The summed E-state index contributed by atoms with van der Waals surface area (Å²) in [5, 5.41) is 8.80. The Hall–Kier alpha value is -3.33. The molecule has 8 nitrogen and oxygen atoms in total. The molecule has 0 aliphatic carbocycles. The molecule has 9 heteroatoms. The molecule has 150 valence electrons. The molecule has 1 aliphatic rings. The monoisotopic (exact) mass is 412 g/mol. The van der Waals surface area contributed by atoms with Crippen LogP contribution in [0.4, 0.5) is 5.69 Å². The number of methoxy groups -OCH3 is 1. The Morgan fingerprint density at radius 1 is 1.21 bits per heavy atom. The maximum atomic E-state index is 12.5. The van der Waals surface area contributed by atoms with Crippen LogP contribution in [0.5, 0.6) is 5.75 Å². The molecule has 0 saturated carbocycles. The lowest BCUT2D eigenvalue weighted by molar-refractivity contribution is -0.123. The molecule has 2 aromatic rings. The van der Waals surface area contributed by atoms with Crippen molar-refractivity contribution in [3.8, 4) is 5.75 Å². The highest BCUT2D eigenvalue weighted by molar-refractivity contribution is 8.15. The van der Waals surface area contributed by atoms with E-state index < -0.39 is 11.2 Å². The molecule has 1 fully saturated rings. The molecule has 1 atom stereocenters. The van der Waals surface area contributed by atoms with Crippen LogP contribution in [0.15, 0.2) is 53.6 Å². The van der Waals surface area contributed by atoms with E-state index in [4.69, 9.17) is 4.74 Å². The van der Waals surface area contributed by atoms with Gasteiger partial charge in [0.25, 0.3) is 5.91 Å². The number of para-hydroxylation sites is 1. The van der Waals surface area contributed by atoms with E-state index in [9.17, 15) is 14.4 Å². The zero-order chi connectivity index (χ0) is 20.8. The summed E-state index contributed by atoms with van der Waals surface area (Å²) in [6, 6.07) is 14.1. The van der Waals surface area contributed by atoms with Gasteiger partial charge in [-0.15, -0.1) is 5.10 Å². The van der Waals surface area contributed by atoms with Crippen LogP contribution in [0.3, 0.4) is 0 Å². The van der Waals surface area contributed by atoms with E-state index in [1.165, 1.54) is 7.11 Å². The molecular weight excluding hydrogens is 392 g/mol. The van der Waals surface area contributed by atoms with Crippen molar-refractivity contribution in [3.05, 3.63) is 59.7 Å². The highest BCUT2D eigenvalue weighted by Gasteiger charge is 2.30. The van der Waals surface area contributed by atoms with Gasteiger partial charge >= 0.3 is 0 Å². The molecule has 29 heavy (non-hydrogen) atoms. The highest BCUT2D eigenvalue weighted by Crippen LogP contribution is 2.23. The number of amides is 3. The van der Waals surface area contributed by atoms with Crippen LogP contribution in [-0.4, -0.2) is 35.2 Å². The lowest BCUT2D eigenvalue weighted by Crippen LogP contribution is -2.42. The Balaban J connectivity index is 1.66. The SMILES string of the molecule is COc1ccccc1C(=O)N/N=C1\NC(=O)C[C@H](C(=O)Nc2cccc(C)c2)S1. The molecule has 0 spiro atoms. The number of thioether (sulfide) groups is 1. The summed E-state index contributed by atoms with van der Waals surface area (Å²) >= 11 is 1.07. The van der Waals surface area contributed by atoms with Crippen LogP contribution in [0, 0.1) is 6.92 Å². The second-order valence-electron chi connectivity index (χ2n) is 6.28. The molecule has 3 amide bonds. The van der Waals surface area contributed by atoms with Crippen molar-refractivity contribution in [2.75, 3.05) is 12.4 Å². The molecule has 0 bridgehead atoms. The first-order valence-corrected chi connectivity index (χ1v) is 9.69. The molecule has 2 aromatic carbocycles. The van der Waals surface area contributed by atoms with E-state index in [1.807, 2.05) is 25.1 Å². The lowest BCUT2D eigenvalue weighted by Gasteiger charge is -2.22. The van der Waals surface area contributed by atoms with Crippen LogP contribution in [0.1, 0.15) is 22.3 Å². The summed E-state index contributed by atoms with van der Waals surface area (Å²) in [7, 11) is 1.46. The van der Waals surface area contributed by atoms with E-state index in [0.29, 0.717) is 17.0 Å². The number of ether oxygens (including phenoxy) is 1. The zero-order valence-corrected chi connectivity index (χ0v) is 16.7. The van der Waals surface area contributed by atoms with Crippen molar-refractivity contribution in [2.45, 2.75) is 18.6 Å². The average molecular weight is 412 g/mol. The van der Waals surface area contributed by atoms with Crippen LogP contribution in [0.25, 0.3) is 0 Å². The number of carbonyl (C=O) groups excluding carboxylic acids is 3. The second-order valence-corrected chi connectivity index (χ2v) is 7.47. The fraction of sp³-hybridized carbons (Fsp3) is 0.200. The van der Waals surface area contributed by atoms with Crippen LogP contribution in [0.2, 0.25) is 0 Å². The Labute approximate surface area is 172 Å². The number of aryl methyl sites for hydroxylation is 1. The summed E-state index contributed by atoms with van der Waals surface area (Å²) in [6.07, 6.45) is 0.0157. The molecule has 1 heterocycles. The number of hydrazone groups is 1. The first kappa shape index (κ1) is 20.4. The predicted molar refractivity (Wildman–Crippen MR) is 112 cm³/mol. The topological polar surface area (TPSA) is 109 Å². The number of nitrogens with one attached hydrogen (secondary N) is 3. The van der Waals surface area contributed by atoms with Crippen molar-refractivity contribution >= 4 is 40.3 Å². The Kier molecular flexibility index (Phi) is 6.50. The van der Waals surface area contributed by atoms with Gasteiger partial charge in [0.1, 0.15) is 11.0 Å². The van der Waals surface area contributed by atoms with E-state index in [1.54, 1.807) is 30.3 Å². The Morgan fingerprint density at radius 2 is 2.00 bits per heavy atom. The average Bonchev–Trinajstić information content (AvgIpc) is 2.71. The summed E-state index contributed by atoms with van der Waals surface area (Å²) < 4.78 is 5.15. The summed E-state index contributed by atoms with van der Waals surface area (Å²) in [4.78, 5) is 36.9. The first-order chi connectivity index (χ1) is 14.0. The minimum absolute atomic E-state index is 0.0157. The molecule has 3 N–H and O–H groups in total. The van der Waals surface area contributed by atoms with Gasteiger partial charge in [-0.3, -0.25) is 14.4 Å².